The maximum atomic E-state index is 13.4. The lowest BCUT2D eigenvalue weighted by Crippen LogP contribution is -2.37. The number of rotatable bonds is 68. The molecule has 0 aliphatic heterocycles. The lowest BCUT2D eigenvalue weighted by molar-refractivity contribution is -0.870. The molecule has 0 aliphatic rings. The predicted molar refractivity (Wildman–Crippen MR) is 401 cm³/mol. The van der Waals surface area contributed by atoms with Crippen molar-refractivity contribution in [2.24, 2.45) is 0 Å². The number of likely N-dealkylation sites (N-methyl/N-ethyl adjacent to an activating group) is 2. The highest BCUT2D eigenvalue weighted by molar-refractivity contribution is 7.53. The van der Waals surface area contributed by atoms with Crippen molar-refractivity contribution in [2.75, 3.05) is 107 Å². The van der Waals surface area contributed by atoms with Crippen LogP contribution in [0.5, 0.6) is 11.5 Å². The number of esters is 4. The highest BCUT2D eigenvalue weighted by Gasteiger charge is 2.32. The summed E-state index contributed by atoms with van der Waals surface area (Å²) >= 11 is 0. The van der Waals surface area contributed by atoms with Crippen LogP contribution in [0.4, 0.5) is 0 Å². The second-order valence-electron chi connectivity index (χ2n) is 29.6. The van der Waals surface area contributed by atoms with Gasteiger partial charge in [0.1, 0.15) is 63.2 Å². The summed E-state index contributed by atoms with van der Waals surface area (Å²) in [6.45, 7) is 5.84. The first-order valence-corrected chi connectivity index (χ1v) is 42.5. The molecule has 0 amide bonds. The first-order chi connectivity index (χ1) is 48.7. The van der Waals surface area contributed by atoms with Gasteiger partial charge in [-0.25, -0.2) is 0 Å². The first kappa shape index (κ1) is 88.2. The molecular formula is C79H140N2O17P2+2. The Morgan fingerprint density at radius 1 is 0.380 bits per heavy atom. The Hall–Kier alpha value is -4.19. The Morgan fingerprint density at radius 3 is 0.930 bits per heavy atom. The Morgan fingerprint density at radius 2 is 0.650 bits per heavy atom. The van der Waals surface area contributed by atoms with Crippen molar-refractivity contribution in [1.29, 1.82) is 0 Å². The molecule has 19 nitrogen and oxygen atoms in total. The fourth-order valence-corrected chi connectivity index (χ4v) is 13.7. The molecule has 0 aromatic heterocycles. The van der Waals surface area contributed by atoms with Gasteiger partial charge in [0.2, 0.25) is 0 Å². The van der Waals surface area contributed by atoms with Crippen LogP contribution < -0.4 is 9.47 Å². The topological polar surface area (TPSA) is 234 Å². The number of hydrogen-bond acceptors (Lipinski definition) is 15. The van der Waals surface area contributed by atoms with E-state index < -0.39 is 63.6 Å². The monoisotopic (exact) mass is 1450 g/mol. The van der Waals surface area contributed by atoms with Gasteiger partial charge in [-0.1, -0.05) is 219 Å². The van der Waals surface area contributed by atoms with Crippen LogP contribution >= 0.6 is 15.2 Å². The van der Waals surface area contributed by atoms with Crippen molar-refractivity contribution in [1.82, 2.24) is 0 Å². The van der Waals surface area contributed by atoms with Gasteiger partial charge in [0.05, 0.1) is 70.6 Å². The SMILES string of the molecule is [3H]c1cc(C(=O)c2ccc(OCCCCCCCCCCC(=O)OC(COC(=O)CCCCCCCCCCCCC)CP(=O)(O)OCC[N+](C)(C)C)c([3H])c2)ccc1OCCCCCCCCCCC(=O)OC(COC(=O)CCCCCCCCCCCCC)CP(=O)(O)OCC[N+](C)(C)C. The van der Waals surface area contributed by atoms with Crippen LogP contribution in [0.1, 0.15) is 302 Å². The summed E-state index contributed by atoms with van der Waals surface area (Å²) < 4.78 is 89.0. The van der Waals surface area contributed by atoms with Crippen molar-refractivity contribution in [3.8, 4) is 11.5 Å². The van der Waals surface area contributed by atoms with Gasteiger partial charge in [0.15, 0.2) is 5.78 Å². The van der Waals surface area contributed by atoms with E-state index in [1.807, 2.05) is 42.3 Å². The summed E-state index contributed by atoms with van der Waals surface area (Å²) in [5.74, 6) is -1.36. The molecule has 2 aromatic rings. The number of quaternary nitrogens is 2. The molecule has 0 saturated heterocycles. The summed E-state index contributed by atoms with van der Waals surface area (Å²) in [5, 5.41) is 0. The molecule has 2 aromatic carbocycles. The van der Waals surface area contributed by atoms with Crippen LogP contribution in [-0.2, 0) is 56.3 Å². The molecule has 2 rings (SSSR count). The quantitative estimate of drug-likeness (QED) is 0.0156. The molecule has 0 spiro atoms. The Bertz CT molecular complexity index is 2500. The molecule has 0 radical (unpaired) electrons. The summed E-state index contributed by atoms with van der Waals surface area (Å²) in [5.41, 5.74) is 0.651. The smallest absolute Gasteiger partial charge is 0.332 e. The number of carbonyl (C=O) groups is 5. The highest BCUT2D eigenvalue weighted by atomic mass is 31.2. The second kappa shape index (κ2) is 57.2. The second-order valence-corrected chi connectivity index (χ2v) is 33.4. The standard InChI is InChI=1S/C79H138N2O17P2/c1-9-11-13-15-17-19-21-23-29-35-41-47-75(82)93-65-73(67-99(87,88)95-63-59-80(3,4)5)97-77(84)49-43-37-31-25-27-33-39-45-61-91-71-55-51-69(52-56-71)79(86)70-53-57-72(58-54-70)92-62-46-40-34-28-26-32-38-44-50-78(85)98-74(68-100(89,90)96-64-60-81(6,7)8)66-94-76(83)48-42-36-30-24-22-20-18-16-14-12-10-2/h51-58,73-74H,9-50,59-68H2,1-8H3/p+2/i55T,57T. The van der Waals surface area contributed by atoms with Gasteiger partial charge in [-0.2, -0.15) is 0 Å². The molecule has 576 valence electrons. The minimum Gasteiger partial charge on any atom is -0.494 e. The van der Waals surface area contributed by atoms with E-state index in [1.165, 1.54) is 102 Å². The van der Waals surface area contributed by atoms with E-state index >= 15 is 0 Å². The molecule has 0 fully saturated rings. The summed E-state index contributed by atoms with van der Waals surface area (Å²) in [4.78, 5) is 85.8. The summed E-state index contributed by atoms with van der Waals surface area (Å²) in [7, 11) is 3.43. The van der Waals surface area contributed by atoms with Gasteiger partial charge in [0.25, 0.3) is 0 Å². The van der Waals surface area contributed by atoms with Gasteiger partial charge in [-0.15, -0.1) is 0 Å². The minimum atomic E-state index is -4.14. The number of nitrogens with zero attached hydrogens (tertiary/aromatic N) is 2. The van der Waals surface area contributed by atoms with Gasteiger partial charge in [0, 0.05) is 36.8 Å². The van der Waals surface area contributed by atoms with E-state index in [4.69, 9.17) is 40.2 Å². The maximum absolute atomic E-state index is 13.4. The molecule has 0 aliphatic carbocycles. The highest BCUT2D eigenvalue weighted by Crippen LogP contribution is 2.44. The summed E-state index contributed by atoms with van der Waals surface area (Å²) in [6, 6.07) is 9.74. The van der Waals surface area contributed by atoms with Crippen LogP contribution in [0.25, 0.3) is 0 Å². The molecule has 0 heterocycles. The van der Waals surface area contributed by atoms with Crippen LogP contribution in [-0.4, -0.2) is 168 Å². The molecular weight excluding hydrogens is 1310 g/mol. The third kappa shape index (κ3) is 54.5. The molecule has 21 heteroatoms. The number of benzene rings is 2. The van der Waals surface area contributed by atoms with Gasteiger partial charge < -0.3 is 56.2 Å². The van der Waals surface area contributed by atoms with Gasteiger partial charge in [-0.05, 0) is 87.0 Å². The summed E-state index contributed by atoms with van der Waals surface area (Å²) in [6.07, 6.45) is 37.5. The molecule has 4 unspecified atom stereocenters. The van der Waals surface area contributed by atoms with Gasteiger partial charge in [-0.3, -0.25) is 33.1 Å². The molecule has 100 heavy (non-hydrogen) atoms. The van der Waals surface area contributed by atoms with E-state index in [0.717, 1.165) is 128 Å². The number of ketones is 1. The van der Waals surface area contributed by atoms with Crippen LogP contribution in [0, 0.1) is 0 Å². The largest absolute Gasteiger partial charge is 0.494 e. The molecule has 2 N–H and O–H groups in total. The number of hydrogen-bond donors (Lipinski definition) is 2. The van der Waals surface area contributed by atoms with Crippen LogP contribution in [0.15, 0.2) is 48.5 Å². The van der Waals surface area contributed by atoms with Crippen molar-refractivity contribution in [3.05, 3.63) is 59.6 Å². The predicted octanol–water partition coefficient (Wildman–Crippen LogP) is 18.8. The lowest BCUT2D eigenvalue weighted by atomic mass is 10.0. The van der Waals surface area contributed by atoms with E-state index in [9.17, 15) is 42.9 Å². The van der Waals surface area contributed by atoms with Crippen molar-refractivity contribution >= 4 is 44.9 Å². The third-order valence-electron chi connectivity index (χ3n) is 17.6. The number of carbonyl (C=O) groups excluding carboxylic acids is 5. The zero-order chi connectivity index (χ0) is 75.2. The van der Waals surface area contributed by atoms with Crippen molar-refractivity contribution < 1.29 is 92.1 Å². The lowest BCUT2D eigenvalue weighted by Gasteiger charge is -2.25. The minimum absolute atomic E-state index is 0.0533. The average molecular weight is 1460 g/mol. The van der Waals surface area contributed by atoms with E-state index in [2.05, 4.69) is 13.8 Å². The fraction of sp³-hybridized carbons (Fsp3) is 0.785. The number of unbranched alkanes of at least 4 members (excludes halogenated alkanes) is 34. The van der Waals surface area contributed by atoms with Crippen LogP contribution in [0.3, 0.4) is 0 Å². The Balaban J connectivity index is 1.64. The Labute approximate surface area is 608 Å². The van der Waals surface area contributed by atoms with Crippen LogP contribution in [0.2, 0.25) is 0 Å². The molecule has 0 saturated carbocycles. The molecule has 4 atom stereocenters. The van der Waals surface area contributed by atoms with E-state index in [0.29, 0.717) is 83.6 Å². The maximum Gasteiger partial charge on any atom is 0.332 e. The Kier molecular flexibility index (Phi) is 50.4. The zero-order valence-corrected chi connectivity index (χ0v) is 65.5. The van der Waals surface area contributed by atoms with E-state index in [1.54, 1.807) is 24.3 Å². The first-order valence-electron chi connectivity index (χ1n) is 40.0. The third-order valence-corrected chi connectivity index (χ3v) is 20.5. The van der Waals surface area contributed by atoms with Crippen molar-refractivity contribution in [2.45, 2.75) is 296 Å². The normalized spacial score (nSPS) is 13.9. The average Bonchev–Trinajstić information content (AvgIpc) is 0.819. The molecule has 0 bridgehead atoms. The zero-order valence-electron chi connectivity index (χ0n) is 65.7. The van der Waals surface area contributed by atoms with Crippen molar-refractivity contribution in [3.63, 3.8) is 0 Å². The van der Waals surface area contributed by atoms with E-state index in [-0.39, 0.29) is 70.0 Å². The van der Waals surface area contributed by atoms with Gasteiger partial charge >= 0.3 is 39.1 Å². The number of ether oxygens (including phenoxy) is 6. The fourth-order valence-electron chi connectivity index (χ4n) is 11.3.